The topological polar surface area (TPSA) is 71.0 Å². The molecule has 128 valence electrons. The van der Waals surface area contributed by atoms with Crippen LogP contribution in [0.3, 0.4) is 0 Å². The van der Waals surface area contributed by atoms with Crippen LogP contribution in [0.15, 0.2) is 24.3 Å². The van der Waals surface area contributed by atoms with Crippen LogP contribution in [0.5, 0.6) is 5.75 Å². The molecule has 0 bridgehead atoms. The van der Waals surface area contributed by atoms with Crippen LogP contribution in [0.1, 0.15) is 23.7 Å². The predicted molar refractivity (Wildman–Crippen MR) is 87.8 cm³/mol. The molecule has 0 radical (unpaired) electrons. The standard InChI is InChI=1S/C17H26N2O4/c1-14(20)13-18-17(21)15-4-2-5-16(12-15)23-9-3-6-19-7-10-22-11-8-19/h2,4-5,12,14,20H,3,6-11,13H2,1H3,(H,18,21)/t14-/m1/s1. The van der Waals surface area contributed by atoms with Crippen LogP contribution in [0.25, 0.3) is 0 Å². The lowest BCUT2D eigenvalue weighted by atomic mass is 10.2. The first-order valence-corrected chi connectivity index (χ1v) is 8.14. The second-order valence-corrected chi connectivity index (χ2v) is 5.74. The molecular weight excluding hydrogens is 296 g/mol. The number of aliphatic hydroxyl groups is 1. The van der Waals surface area contributed by atoms with Crippen LogP contribution >= 0.6 is 0 Å². The summed E-state index contributed by atoms with van der Waals surface area (Å²) in [6.07, 6.45) is 0.386. The molecule has 0 saturated carbocycles. The number of nitrogens with one attached hydrogen (secondary N) is 1. The second-order valence-electron chi connectivity index (χ2n) is 5.74. The zero-order chi connectivity index (χ0) is 16.5. The number of hydrogen-bond acceptors (Lipinski definition) is 5. The highest BCUT2D eigenvalue weighted by atomic mass is 16.5. The summed E-state index contributed by atoms with van der Waals surface area (Å²) in [7, 11) is 0. The molecule has 1 fully saturated rings. The summed E-state index contributed by atoms with van der Waals surface area (Å²) in [5, 5.41) is 11.9. The van der Waals surface area contributed by atoms with Crippen LogP contribution in [0.4, 0.5) is 0 Å². The molecular formula is C17H26N2O4. The van der Waals surface area contributed by atoms with Crippen molar-refractivity contribution in [1.29, 1.82) is 0 Å². The van der Waals surface area contributed by atoms with Gasteiger partial charge in [0.15, 0.2) is 0 Å². The molecule has 6 heteroatoms. The molecule has 1 atom stereocenters. The van der Waals surface area contributed by atoms with Gasteiger partial charge in [-0.15, -0.1) is 0 Å². The van der Waals surface area contributed by atoms with Gasteiger partial charge in [-0.1, -0.05) is 6.07 Å². The molecule has 2 rings (SSSR count). The van der Waals surface area contributed by atoms with Crippen molar-refractivity contribution in [3.8, 4) is 5.75 Å². The number of morpholine rings is 1. The zero-order valence-electron chi connectivity index (χ0n) is 13.7. The lowest BCUT2D eigenvalue weighted by Crippen LogP contribution is -2.37. The zero-order valence-corrected chi connectivity index (χ0v) is 13.7. The van der Waals surface area contributed by atoms with Gasteiger partial charge in [-0.25, -0.2) is 0 Å². The van der Waals surface area contributed by atoms with E-state index >= 15 is 0 Å². The third kappa shape index (κ3) is 6.56. The summed E-state index contributed by atoms with van der Waals surface area (Å²) >= 11 is 0. The maximum absolute atomic E-state index is 11.9. The molecule has 1 amide bonds. The molecule has 2 N–H and O–H groups in total. The smallest absolute Gasteiger partial charge is 0.251 e. The minimum absolute atomic E-state index is 0.204. The average Bonchev–Trinajstić information content (AvgIpc) is 2.58. The van der Waals surface area contributed by atoms with Gasteiger partial charge >= 0.3 is 0 Å². The van der Waals surface area contributed by atoms with Crippen LogP contribution in [0, 0.1) is 0 Å². The lowest BCUT2D eigenvalue weighted by Gasteiger charge is -2.26. The first-order chi connectivity index (χ1) is 11.1. The van der Waals surface area contributed by atoms with Gasteiger partial charge in [-0.2, -0.15) is 0 Å². The highest BCUT2D eigenvalue weighted by Crippen LogP contribution is 2.13. The summed E-state index contributed by atoms with van der Waals surface area (Å²) in [6, 6.07) is 7.11. The molecule has 0 unspecified atom stereocenters. The van der Waals surface area contributed by atoms with E-state index in [0.717, 1.165) is 39.3 Å². The lowest BCUT2D eigenvalue weighted by molar-refractivity contribution is 0.0358. The van der Waals surface area contributed by atoms with Crippen molar-refractivity contribution < 1.29 is 19.4 Å². The molecule has 0 spiro atoms. The number of aliphatic hydroxyl groups excluding tert-OH is 1. The van der Waals surface area contributed by atoms with Crippen molar-refractivity contribution in [2.45, 2.75) is 19.4 Å². The summed E-state index contributed by atoms with van der Waals surface area (Å²) in [5.41, 5.74) is 0.538. The maximum atomic E-state index is 11.9. The quantitative estimate of drug-likeness (QED) is 0.696. The Kier molecular flexibility index (Phi) is 7.32. The van der Waals surface area contributed by atoms with E-state index in [9.17, 15) is 9.90 Å². The SMILES string of the molecule is C[C@@H](O)CNC(=O)c1cccc(OCCCN2CCOCC2)c1. The number of benzene rings is 1. The average molecular weight is 322 g/mol. The normalized spacial score (nSPS) is 16.8. The van der Waals surface area contributed by atoms with Crippen molar-refractivity contribution in [2.75, 3.05) is 46.0 Å². The van der Waals surface area contributed by atoms with Gasteiger partial charge in [-0.05, 0) is 31.5 Å². The Morgan fingerprint density at radius 1 is 1.43 bits per heavy atom. The minimum atomic E-state index is -0.557. The van der Waals surface area contributed by atoms with E-state index in [0.29, 0.717) is 17.9 Å². The van der Waals surface area contributed by atoms with Crippen molar-refractivity contribution in [1.82, 2.24) is 10.2 Å². The van der Waals surface area contributed by atoms with E-state index in [4.69, 9.17) is 9.47 Å². The Morgan fingerprint density at radius 2 is 2.22 bits per heavy atom. The van der Waals surface area contributed by atoms with Crippen LogP contribution in [-0.2, 0) is 4.74 Å². The molecule has 6 nitrogen and oxygen atoms in total. The number of hydrogen-bond donors (Lipinski definition) is 2. The van der Waals surface area contributed by atoms with E-state index in [1.807, 2.05) is 6.07 Å². The first kappa shape index (κ1) is 17.7. The Bertz CT molecular complexity index is 487. The van der Waals surface area contributed by atoms with Gasteiger partial charge in [-0.3, -0.25) is 9.69 Å². The van der Waals surface area contributed by atoms with Gasteiger partial charge in [0.1, 0.15) is 5.75 Å². The Morgan fingerprint density at radius 3 is 2.96 bits per heavy atom. The van der Waals surface area contributed by atoms with Gasteiger partial charge in [0.25, 0.3) is 5.91 Å². The monoisotopic (exact) mass is 322 g/mol. The third-order valence-corrected chi connectivity index (χ3v) is 3.65. The predicted octanol–water partition coefficient (Wildman–Crippen LogP) is 0.898. The van der Waals surface area contributed by atoms with E-state index in [2.05, 4.69) is 10.2 Å². The molecule has 1 aromatic rings. The van der Waals surface area contributed by atoms with E-state index in [1.165, 1.54) is 0 Å². The van der Waals surface area contributed by atoms with Crippen LogP contribution in [0.2, 0.25) is 0 Å². The molecule has 0 aromatic heterocycles. The van der Waals surface area contributed by atoms with Crippen molar-refractivity contribution in [2.24, 2.45) is 0 Å². The maximum Gasteiger partial charge on any atom is 0.251 e. The summed E-state index contributed by atoms with van der Waals surface area (Å²) in [6.45, 7) is 7.08. The molecule has 1 heterocycles. The fourth-order valence-electron chi connectivity index (χ4n) is 2.37. The molecule has 1 aliphatic rings. The summed E-state index contributed by atoms with van der Waals surface area (Å²) in [4.78, 5) is 14.3. The van der Waals surface area contributed by atoms with E-state index in [-0.39, 0.29) is 12.5 Å². The fraction of sp³-hybridized carbons (Fsp3) is 0.588. The number of ether oxygens (including phenoxy) is 2. The highest BCUT2D eigenvalue weighted by Gasteiger charge is 2.10. The number of amides is 1. The Balaban J connectivity index is 1.72. The molecule has 23 heavy (non-hydrogen) atoms. The molecule has 1 aliphatic heterocycles. The number of nitrogens with zero attached hydrogens (tertiary/aromatic N) is 1. The van der Waals surface area contributed by atoms with Gasteiger partial charge < -0.3 is 19.9 Å². The van der Waals surface area contributed by atoms with Crippen molar-refractivity contribution in [3.63, 3.8) is 0 Å². The van der Waals surface area contributed by atoms with E-state index in [1.54, 1.807) is 25.1 Å². The number of rotatable bonds is 8. The molecule has 1 saturated heterocycles. The second kappa shape index (κ2) is 9.50. The minimum Gasteiger partial charge on any atom is -0.494 e. The van der Waals surface area contributed by atoms with E-state index < -0.39 is 6.10 Å². The largest absolute Gasteiger partial charge is 0.494 e. The number of carbonyl (C=O) groups is 1. The van der Waals surface area contributed by atoms with Gasteiger partial charge in [0.2, 0.25) is 0 Å². The van der Waals surface area contributed by atoms with Crippen LogP contribution < -0.4 is 10.1 Å². The number of carbonyl (C=O) groups excluding carboxylic acids is 1. The fourth-order valence-corrected chi connectivity index (χ4v) is 2.37. The molecule has 0 aliphatic carbocycles. The molecule has 1 aromatic carbocycles. The van der Waals surface area contributed by atoms with Crippen LogP contribution in [-0.4, -0.2) is 68.0 Å². The summed E-state index contributed by atoms with van der Waals surface area (Å²) < 4.78 is 11.0. The van der Waals surface area contributed by atoms with Crippen molar-refractivity contribution >= 4 is 5.91 Å². The Hall–Kier alpha value is -1.63. The van der Waals surface area contributed by atoms with Crippen molar-refractivity contribution in [3.05, 3.63) is 29.8 Å². The van der Waals surface area contributed by atoms with Gasteiger partial charge in [0, 0.05) is 31.7 Å². The summed E-state index contributed by atoms with van der Waals surface area (Å²) in [5.74, 6) is 0.487. The van der Waals surface area contributed by atoms with Gasteiger partial charge in [0.05, 0.1) is 25.9 Å². The highest BCUT2D eigenvalue weighted by molar-refractivity contribution is 5.94. The third-order valence-electron chi connectivity index (χ3n) is 3.65. The Labute approximate surface area is 137 Å². The first-order valence-electron chi connectivity index (χ1n) is 8.14.